The predicted octanol–water partition coefficient (Wildman–Crippen LogP) is 5.01. The Bertz CT molecular complexity index is 1010. The fraction of sp³-hybridized carbons (Fsp3) is 0.182. The van der Waals surface area contributed by atoms with E-state index < -0.39 is 5.91 Å². The number of hydrogen-bond acceptors (Lipinski definition) is 4. The zero-order valence-electron chi connectivity index (χ0n) is 16.1. The van der Waals surface area contributed by atoms with Crippen LogP contribution in [0, 0.1) is 0 Å². The van der Waals surface area contributed by atoms with Crippen molar-refractivity contribution >= 4 is 33.4 Å². The molecule has 3 aromatic rings. The maximum atomic E-state index is 12.6. The second-order valence-electron chi connectivity index (χ2n) is 6.60. The molecule has 150 valence electrons. The van der Waals surface area contributed by atoms with Gasteiger partial charge in [0.1, 0.15) is 5.75 Å². The smallest absolute Gasteiger partial charge is 0.291 e. The predicted molar refractivity (Wildman–Crippen MR) is 114 cm³/mol. The Morgan fingerprint density at radius 1 is 1.03 bits per heavy atom. The van der Waals surface area contributed by atoms with Gasteiger partial charge in [0.15, 0.2) is 10.4 Å². The summed E-state index contributed by atoms with van der Waals surface area (Å²) in [7, 11) is 0. The molecule has 2 aromatic carbocycles. The Kier molecular flexibility index (Phi) is 6.72. The Morgan fingerprint density at radius 2 is 1.83 bits per heavy atom. The van der Waals surface area contributed by atoms with Crippen molar-refractivity contribution in [2.75, 3.05) is 5.32 Å². The Morgan fingerprint density at radius 3 is 2.55 bits per heavy atom. The van der Waals surface area contributed by atoms with Crippen molar-refractivity contribution in [3.8, 4) is 5.75 Å². The highest BCUT2D eigenvalue weighted by Gasteiger charge is 2.13. The molecule has 0 aliphatic rings. The molecule has 0 radical (unpaired) electrons. The summed E-state index contributed by atoms with van der Waals surface area (Å²) in [6.07, 6.45) is 0.0435. The number of anilines is 1. The van der Waals surface area contributed by atoms with Crippen molar-refractivity contribution in [2.45, 2.75) is 26.5 Å². The number of rotatable bonds is 7. The monoisotopic (exact) mass is 456 g/mol. The van der Waals surface area contributed by atoms with E-state index in [9.17, 15) is 9.59 Å². The lowest BCUT2D eigenvalue weighted by Crippen LogP contribution is -2.23. The van der Waals surface area contributed by atoms with Crippen LogP contribution >= 0.6 is 15.9 Å². The number of carbonyl (C=O) groups is 2. The van der Waals surface area contributed by atoms with Crippen LogP contribution in [0.5, 0.6) is 5.75 Å². The van der Waals surface area contributed by atoms with Gasteiger partial charge in [0.2, 0.25) is 0 Å². The van der Waals surface area contributed by atoms with E-state index in [0.717, 1.165) is 11.3 Å². The quantitative estimate of drug-likeness (QED) is 0.523. The first-order valence-corrected chi connectivity index (χ1v) is 9.91. The first-order valence-electron chi connectivity index (χ1n) is 9.12. The van der Waals surface area contributed by atoms with Gasteiger partial charge in [-0.25, -0.2) is 0 Å². The van der Waals surface area contributed by atoms with Crippen LogP contribution in [0.1, 0.15) is 40.3 Å². The van der Waals surface area contributed by atoms with Crippen LogP contribution in [-0.2, 0) is 6.54 Å². The molecule has 0 unspecified atom stereocenters. The lowest BCUT2D eigenvalue weighted by atomic mass is 10.1. The van der Waals surface area contributed by atoms with Crippen LogP contribution in [-0.4, -0.2) is 17.9 Å². The van der Waals surface area contributed by atoms with Crippen molar-refractivity contribution in [3.63, 3.8) is 0 Å². The average molecular weight is 457 g/mol. The van der Waals surface area contributed by atoms with Gasteiger partial charge in [-0.3, -0.25) is 9.59 Å². The van der Waals surface area contributed by atoms with Gasteiger partial charge in [-0.2, -0.15) is 0 Å². The number of carbonyl (C=O) groups excluding carboxylic acids is 2. The summed E-state index contributed by atoms with van der Waals surface area (Å²) >= 11 is 3.16. The maximum Gasteiger partial charge on any atom is 0.291 e. The second-order valence-corrected chi connectivity index (χ2v) is 7.38. The highest BCUT2D eigenvalue weighted by molar-refractivity contribution is 9.10. The Labute approximate surface area is 177 Å². The molecule has 0 saturated carbocycles. The molecule has 29 heavy (non-hydrogen) atoms. The fourth-order valence-corrected chi connectivity index (χ4v) is 2.97. The molecule has 0 aliphatic carbocycles. The molecule has 0 fully saturated rings. The number of halogens is 1. The highest BCUT2D eigenvalue weighted by atomic mass is 79.9. The van der Waals surface area contributed by atoms with Crippen LogP contribution in [0.2, 0.25) is 0 Å². The second kappa shape index (κ2) is 9.43. The van der Waals surface area contributed by atoms with Crippen molar-refractivity contribution in [1.29, 1.82) is 0 Å². The molecule has 7 heteroatoms. The van der Waals surface area contributed by atoms with Gasteiger partial charge in [-0.15, -0.1) is 0 Å². The summed E-state index contributed by atoms with van der Waals surface area (Å²) in [5, 5.41) is 5.61. The maximum absolute atomic E-state index is 12.6. The molecular weight excluding hydrogens is 436 g/mol. The van der Waals surface area contributed by atoms with Crippen LogP contribution < -0.4 is 15.4 Å². The number of ether oxygens (including phenoxy) is 1. The Balaban J connectivity index is 1.65. The van der Waals surface area contributed by atoms with E-state index in [1.165, 1.54) is 0 Å². The first kappa shape index (κ1) is 20.7. The third-order valence-corrected chi connectivity index (χ3v) is 4.38. The van der Waals surface area contributed by atoms with Crippen molar-refractivity contribution in [2.24, 2.45) is 0 Å². The van der Waals surface area contributed by atoms with E-state index >= 15 is 0 Å². The van der Waals surface area contributed by atoms with E-state index in [1.54, 1.807) is 36.4 Å². The van der Waals surface area contributed by atoms with Crippen LogP contribution in [0.4, 0.5) is 5.69 Å². The molecule has 2 amide bonds. The molecule has 1 heterocycles. The Hall–Kier alpha value is -3.06. The number of furan rings is 1. The molecule has 0 saturated heterocycles. The van der Waals surface area contributed by atoms with Gasteiger partial charge in [0.25, 0.3) is 11.8 Å². The van der Waals surface area contributed by atoms with E-state index in [1.807, 2.05) is 38.1 Å². The summed E-state index contributed by atoms with van der Waals surface area (Å²) in [5.41, 5.74) is 1.83. The largest absolute Gasteiger partial charge is 0.491 e. The lowest BCUT2D eigenvalue weighted by Gasteiger charge is -2.14. The average Bonchev–Trinajstić information content (AvgIpc) is 3.13. The number of para-hydroxylation sites is 1. The molecule has 1 aromatic heterocycles. The molecule has 2 N–H and O–H groups in total. The third-order valence-electron chi connectivity index (χ3n) is 3.95. The van der Waals surface area contributed by atoms with Gasteiger partial charge in [0, 0.05) is 23.4 Å². The summed E-state index contributed by atoms with van der Waals surface area (Å²) in [5.74, 6) is 0.274. The molecule has 0 spiro atoms. The normalized spacial score (nSPS) is 10.6. The van der Waals surface area contributed by atoms with E-state index in [-0.39, 0.29) is 17.8 Å². The van der Waals surface area contributed by atoms with Crippen molar-refractivity contribution in [1.82, 2.24) is 5.32 Å². The van der Waals surface area contributed by atoms with Gasteiger partial charge in [0.05, 0.1) is 6.10 Å². The number of benzene rings is 2. The van der Waals surface area contributed by atoms with E-state index in [0.29, 0.717) is 22.5 Å². The molecule has 0 bridgehead atoms. The zero-order valence-corrected chi connectivity index (χ0v) is 17.7. The fourth-order valence-electron chi connectivity index (χ4n) is 2.66. The van der Waals surface area contributed by atoms with Crippen LogP contribution in [0.15, 0.2) is 69.8 Å². The lowest BCUT2D eigenvalue weighted by molar-refractivity contribution is 0.0948. The number of nitrogens with one attached hydrogen (secondary N) is 2. The summed E-state index contributed by atoms with van der Waals surface area (Å²) in [4.78, 5) is 24.8. The molecule has 3 rings (SSSR count). The standard InChI is InChI=1S/C22H21BrN2O4/c1-14(2)28-18-9-4-3-6-16(18)13-24-21(26)15-7-5-8-17(12-15)25-22(27)19-10-11-20(23)29-19/h3-12,14H,13H2,1-2H3,(H,24,26)(H,25,27). The summed E-state index contributed by atoms with van der Waals surface area (Å²) in [6.45, 7) is 4.24. The summed E-state index contributed by atoms with van der Waals surface area (Å²) < 4.78 is 11.5. The van der Waals surface area contributed by atoms with Crippen LogP contribution in [0.25, 0.3) is 0 Å². The van der Waals surface area contributed by atoms with E-state index in [2.05, 4.69) is 26.6 Å². The molecule has 0 aliphatic heterocycles. The minimum absolute atomic E-state index is 0.0435. The molecular formula is C22H21BrN2O4. The van der Waals surface area contributed by atoms with Gasteiger partial charge < -0.3 is 19.8 Å². The van der Waals surface area contributed by atoms with Gasteiger partial charge >= 0.3 is 0 Å². The van der Waals surface area contributed by atoms with Gasteiger partial charge in [-0.05, 0) is 66.2 Å². The topological polar surface area (TPSA) is 80.6 Å². The SMILES string of the molecule is CC(C)Oc1ccccc1CNC(=O)c1cccc(NC(=O)c2ccc(Br)o2)c1. The van der Waals surface area contributed by atoms with Crippen molar-refractivity contribution in [3.05, 3.63) is 82.2 Å². The minimum Gasteiger partial charge on any atom is -0.491 e. The molecule has 0 atom stereocenters. The number of hydrogen-bond donors (Lipinski definition) is 2. The highest BCUT2D eigenvalue weighted by Crippen LogP contribution is 2.20. The van der Waals surface area contributed by atoms with Crippen LogP contribution in [0.3, 0.4) is 0 Å². The third kappa shape index (κ3) is 5.71. The van der Waals surface area contributed by atoms with E-state index in [4.69, 9.17) is 9.15 Å². The molecule has 6 nitrogen and oxygen atoms in total. The number of amides is 2. The zero-order chi connectivity index (χ0) is 20.8. The minimum atomic E-state index is -0.395. The van der Waals surface area contributed by atoms with Crippen molar-refractivity contribution < 1.29 is 18.7 Å². The summed E-state index contributed by atoms with van der Waals surface area (Å²) in [6, 6.07) is 17.5. The first-order chi connectivity index (χ1) is 13.9. The van der Waals surface area contributed by atoms with Gasteiger partial charge in [-0.1, -0.05) is 24.3 Å².